The van der Waals surface area contributed by atoms with Crippen LogP contribution in [-0.2, 0) is 4.74 Å². The van der Waals surface area contributed by atoms with Crippen molar-refractivity contribution in [3.05, 3.63) is 29.8 Å². The number of hydrogen-bond donors (Lipinski definition) is 2. The molecule has 0 amide bonds. The van der Waals surface area contributed by atoms with Crippen LogP contribution in [0.15, 0.2) is 29.3 Å². The average Bonchev–Trinajstić information content (AvgIpc) is 2.62. The quantitative estimate of drug-likeness (QED) is 0.777. The molecule has 0 radical (unpaired) electrons. The first-order chi connectivity index (χ1) is 7.24. The fourth-order valence-corrected chi connectivity index (χ4v) is 1.53. The van der Waals surface area contributed by atoms with Crippen molar-refractivity contribution in [3.63, 3.8) is 0 Å². The van der Waals surface area contributed by atoms with Crippen molar-refractivity contribution in [3.8, 4) is 0 Å². The maximum Gasteiger partial charge on any atom is 0.282 e. The van der Waals surface area contributed by atoms with Gasteiger partial charge in [0.25, 0.3) is 6.02 Å². The zero-order chi connectivity index (χ0) is 10.7. The molecule has 1 aromatic carbocycles. The van der Waals surface area contributed by atoms with E-state index in [0.29, 0.717) is 12.6 Å². The maximum absolute atomic E-state index is 5.42. The molecule has 15 heavy (non-hydrogen) atoms. The van der Waals surface area contributed by atoms with Crippen LogP contribution < -0.4 is 11.1 Å². The third kappa shape index (κ3) is 2.62. The van der Waals surface area contributed by atoms with Gasteiger partial charge in [-0.3, -0.25) is 0 Å². The third-order valence-electron chi connectivity index (χ3n) is 2.29. The lowest BCUT2D eigenvalue weighted by molar-refractivity contribution is 0.316. The lowest BCUT2D eigenvalue weighted by Gasteiger charge is -2.09. The first-order valence-electron chi connectivity index (χ1n) is 5.00. The van der Waals surface area contributed by atoms with Gasteiger partial charge in [0.2, 0.25) is 0 Å². The van der Waals surface area contributed by atoms with E-state index in [1.165, 1.54) is 5.56 Å². The highest BCUT2D eigenvalue weighted by Gasteiger charge is 2.15. The van der Waals surface area contributed by atoms with Crippen molar-refractivity contribution in [1.82, 2.24) is 0 Å². The highest BCUT2D eigenvalue weighted by Crippen LogP contribution is 2.10. The standard InChI is InChI=1S/C11H15N3O/c1-8-3-2-4-9(5-8)13-6-10-7-15-11(12)14-10/h2-5,10,13H,6-7H2,1H3,(H2,12,14)/t10-/m0/s1. The summed E-state index contributed by atoms with van der Waals surface area (Å²) in [6.07, 6.45) is 0. The van der Waals surface area contributed by atoms with Crippen LogP contribution in [0.1, 0.15) is 5.56 Å². The van der Waals surface area contributed by atoms with Crippen LogP contribution in [0.25, 0.3) is 0 Å². The number of nitrogens with zero attached hydrogens (tertiary/aromatic N) is 1. The van der Waals surface area contributed by atoms with Crippen molar-refractivity contribution in [2.24, 2.45) is 10.7 Å². The van der Waals surface area contributed by atoms with E-state index in [-0.39, 0.29) is 6.04 Å². The highest BCUT2D eigenvalue weighted by atomic mass is 16.5. The molecule has 2 rings (SSSR count). The van der Waals surface area contributed by atoms with E-state index < -0.39 is 0 Å². The molecule has 1 atom stereocenters. The van der Waals surface area contributed by atoms with E-state index >= 15 is 0 Å². The van der Waals surface area contributed by atoms with Crippen molar-refractivity contribution < 1.29 is 4.74 Å². The molecule has 1 heterocycles. The molecule has 1 aliphatic rings. The minimum Gasteiger partial charge on any atom is -0.463 e. The third-order valence-corrected chi connectivity index (χ3v) is 2.29. The number of nitrogens with two attached hydrogens (primary N) is 1. The molecule has 0 unspecified atom stereocenters. The van der Waals surface area contributed by atoms with Crippen LogP contribution in [0.3, 0.4) is 0 Å². The summed E-state index contributed by atoms with van der Waals surface area (Å²) in [5.74, 6) is 0. The predicted octanol–water partition coefficient (Wildman–Crippen LogP) is 1.12. The van der Waals surface area contributed by atoms with Gasteiger partial charge in [0, 0.05) is 12.2 Å². The summed E-state index contributed by atoms with van der Waals surface area (Å²) >= 11 is 0. The number of anilines is 1. The summed E-state index contributed by atoms with van der Waals surface area (Å²) in [5, 5.41) is 3.31. The van der Waals surface area contributed by atoms with Gasteiger partial charge >= 0.3 is 0 Å². The summed E-state index contributed by atoms with van der Waals surface area (Å²) in [6, 6.07) is 8.66. The second kappa shape index (κ2) is 4.21. The van der Waals surface area contributed by atoms with Gasteiger partial charge in [-0.25, -0.2) is 4.99 Å². The Labute approximate surface area is 89.1 Å². The Morgan fingerprint density at radius 1 is 1.60 bits per heavy atom. The van der Waals surface area contributed by atoms with Gasteiger partial charge < -0.3 is 15.8 Å². The van der Waals surface area contributed by atoms with Crippen molar-refractivity contribution >= 4 is 11.7 Å². The van der Waals surface area contributed by atoms with E-state index in [2.05, 4.69) is 29.4 Å². The summed E-state index contributed by atoms with van der Waals surface area (Å²) in [7, 11) is 0. The number of amidine groups is 1. The Bertz CT molecular complexity index is 376. The van der Waals surface area contributed by atoms with Crippen molar-refractivity contribution in [2.45, 2.75) is 13.0 Å². The molecule has 3 N–H and O–H groups in total. The van der Waals surface area contributed by atoms with E-state index in [4.69, 9.17) is 10.5 Å². The van der Waals surface area contributed by atoms with E-state index in [0.717, 1.165) is 12.2 Å². The van der Waals surface area contributed by atoms with E-state index in [9.17, 15) is 0 Å². The Morgan fingerprint density at radius 2 is 2.47 bits per heavy atom. The number of ether oxygens (including phenoxy) is 1. The van der Waals surface area contributed by atoms with Gasteiger partial charge in [0.1, 0.15) is 12.6 Å². The van der Waals surface area contributed by atoms with Gasteiger partial charge in [0.15, 0.2) is 0 Å². The summed E-state index contributed by atoms with van der Waals surface area (Å²) in [4.78, 5) is 4.14. The summed E-state index contributed by atoms with van der Waals surface area (Å²) < 4.78 is 5.07. The van der Waals surface area contributed by atoms with Crippen LogP contribution in [0.2, 0.25) is 0 Å². The van der Waals surface area contributed by atoms with E-state index in [1.54, 1.807) is 0 Å². The van der Waals surface area contributed by atoms with Crippen LogP contribution in [0.5, 0.6) is 0 Å². The zero-order valence-corrected chi connectivity index (χ0v) is 8.73. The molecular weight excluding hydrogens is 190 g/mol. The van der Waals surface area contributed by atoms with Crippen LogP contribution in [0.4, 0.5) is 5.69 Å². The second-order valence-corrected chi connectivity index (χ2v) is 3.68. The Balaban J connectivity index is 1.88. The number of aryl methyl sites for hydroxylation is 1. The maximum atomic E-state index is 5.42. The van der Waals surface area contributed by atoms with Crippen molar-refractivity contribution in [2.75, 3.05) is 18.5 Å². The Kier molecular flexibility index (Phi) is 2.76. The molecule has 0 saturated heterocycles. The molecule has 0 aromatic heterocycles. The topological polar surface area (TPSA) is 59.6 Å². The molecule has 4 nitrogen and oxygen atoms in total. The number of rotatable bonds is 3. The molecule has 0 spiro atoms. The fraction of sp³-hybridized carbons (Fsp3) is 0.364. The smallest absolute Gasteiger partial charge is 0.282 e. The molecule has 1 aliphatic heterocycles. The first-order valence-corrected chi connectivity index (χ1v) is 5.00. The van der Waals surface area contributed by atoms with Gasteiger partial charge in [-0.15, -0.1) is 0 Å². The summed E-state index contributed by atoms with van der Waals surface area (Å²) in [6.45, 7) is 3.40. The Morgan fingerprint density at radius 3 is 3.13 bits per heavy atom. The molecule has 1 aromatic rings. The number of benzene rings is 1. The fourth-order valence-electron chi connectivity index (χ4n) is 1.53. The molecule has 0 bridgehead atoms. The minimum atomic E-state index is 0.130. The first kappa shape index (κ1) is 9.83. The van der Waals surface area contributed by atoms with Crippen molar-refractivity contribution in [1.29, 1.82) is 0 Å². The molecule has 0 aliphatic carbocycles. The second-order valence-electron chi connectivity index (χ2n) is 3.68. The SMILES string of the molecule is Cc1cccc(NC[C@H]2COC(N)=N2)c1. The zero-order valence-electron chi connectivity index (χ0n) is 8.73. The Hall–Kier alpha value is -1.71. The average molecular weight is 205 g/mol. The predicted molar refractivity (Wildman–Crippen MR) is 61.0 cm³/mol. The lowest BCUT2D eigenvalue weighted by Crippen LogP contribution is -2.19. The van der Waals surface area contributed by atoms with Gasteiger partial charge in [-0.1, -0.05) is 12.1 Å². The van der Waals surface area contributed by atoms with Gasteiger partial charge in [0.05, 0.1) is 0 Å². The van der Waals surface area contributed by atoms with E-state index in [1.807, 2.05) is 12.1 Å². The lowest BCUT2D eigenvalue weighted by atomic mass is 10.2. The normalized spacial score (nSPS) is 19.5. The number of hydrogen-bond acceptors (Lipinski definition) is 4. The molecule has 80 valence electrons. The highest BCUT2D eigenvalue weighted by molar-refractivity contribution is 5.73. The molecule has 0 saturated carbocycles. The largest absolute Gasteiger partial charge is 0.463 e. The molecule has 0 fully saturated rings. The molecular formula is C11H15N3O. The number of aliphatic imine (C=N–C) groups is 1. The number of nitrogens with one attached hydrogen (secondary N) is 1. The van der Waals surface area contributed by atoms with Crippen LogP contribution >= 0.6 is 0 Å². The van der Waals surface area contributed by atoms with Crippen LogP contribution in [-0.4, -0.2) is 25.2 Å². The molecule has 4 heteroatoms. The minimum absolute atomic E-state index is 0.130. The van der Waals surface area contributed by atoms with Gasteiger partial charge in [-0.05, 0) is 24.6 Å². The summed E-state index contributed by atoms with van der Waals surface area (Å²) in [5.41, 5.74) is 7.77. The van der Waals surface area contributed by atoms with Crippen LogP contribution in [0, 0.1) is 6.92 Å². The van der Waals surface area contributed by atoms with Gasteiger partial charge in [-0.2, -0.15) is 0 Å². The monoisotopic (exact) mass is 205 g/mol.